The summed E-state index contributed by atoms with van der Waals surface area (Å²) in [6, 6.07) is 7.53. The molecule has 1 aliphatic carbocycles. The van der Waals surface area contributed by atoms with Crippen molar-refractivity contribution in [3.63, 3.8) is 0 Å². The molecule has 4 aromatic rings. The van der Waals surface area contributed by atoms with Crippen molar-refractivity contribution in [2.75, 3.05) is 0 Å². The Morgan fingerprint density at radius 1 is 1.13 bits per heavy atom. The molecule has 1 aliphatic rings. The molecule has 5 nitrogen and oxygen atoms in total. The Hall–Kier alpha value is -2.97. The predicted octanol–water partition coefficient (Wildman–Crippen LogP) is 3.83. The number of hydrogen-bond donors (Lipinski definition) is 1. The highest BCUT2D eigenvalue weighted by molar-refractivity contribution is 7.18. The van der Waals surface area contributed by atoms with Gasteiger partial charge in [-0.15, -0.1) is 11.3 Å². The van der Waals surface area contributed by atoms with Crippen LogP contribution in [0, 0.1) is 11.6 Å². The first-order valence-corrected chi connectivity index (χ1v) is 11.0. The van der Waals surface area contributed by atoms with Crippen LogP contribution in [-0.4, -0.2) is 20.6 Å². The Bertz CT molecular complexity index is 1280. The number of halogens is 2. The molecule has 1 aromatic carbocycles. The number of aromatic nitrogens is 3. The smallest absolute Gasteiger partial charge is 0.262 e. The quantitative estimate of drug-likeness (QED) is 0.515. The summed E-state index contributed by atoms with van der Waals surface area (Å²) in [4.78, 5) is 23.6. The molecule has 0 saturated carbocycles. The Labute approximate surface area is 181 Å². The number of aryl methyl sites for hydroxylation is 1. The lowest BCUT2D eigenvalue weighted by Gasteiger charge is -2.23. The Morgan fingerprint density at radius 2 is 1.90 bits per heavy atom. The summed E-state index contributed by atoms with van der Waals surface area (Å²) in [7, 11) is 0. The fraction of sp³-hybridized carbons (Fsp3) is 0.261. The lowest BCUT2D eigenvalue weighted by Crippen LogP contribution is -2.34. The summed E-state index contributed by atoms with van der Waals surface area (Å²) >= 11 is 1.56. The van der Waals surface area contributed by atoms with E-state index in [2.05, 4.69) is 15.3 Å². The van der Waals surface area contributed by atoms with E-state index in [1.807, 2.05) is 12.1 Å². The van der Waals surface area contributed by atoms with Crippen LogP contribution < -0.4 is 10.9 Å². The highest BCUT2D eigenvalue weighted by atomic mass is 32.1. The van der Waals surface area contributed by atoms with Crippen LogP contribution in [0.2, 0.25) is 0 Å². The molecule has 0 radical (unpaired) electrons. The van der Waals surface area contributed by atoms with Crippen LogP contribution in [0.5, 0.6) is 0 Å². The van der Waals surface area contributed by atoms with Gasteiger partial charge < -0.3 is 5.32 Å². The van der Waals surface area contributed by atoms with E-state index >= 15 is 0 Å². The molecule has 0 bridgehead atoms. The molecule has 5 rings (SSSR count). The summed E-state index contributed by atoms with van der Waals surface area (Å²) < 4.78 is 28.5. The van der Waals surface area contributed by atoms with Crippen molar-refractivity contribution >= 4 is 21.6 Å². The minimum atomic E-state index is -0.568. The van der Waals surface area contributed by atoms with Crippen LogP contribution in [0.15, 0.2) is 53.8 Å². The number of nitrogens with one attached hydrogen (secondary N) is 1. The van der Waals surface area contributed by atoms with E-state index in [1.54, 1.807) is 34.6 Å². The standard InChI is InChI=1S/C23H20F2N4OS/c24-16-7-15(8-17(25)9-16)11-27-18-1-2-19-20(10-18)31-22-21(19)23(30)29(13-28-22)12-14-3-5-26-6-4-14/h3-9,13,18,27H,1-2,10-12H2. The molecule has 31 heavy (non-hydrogen) atoms. The van der Waals surface area contributed by atoms with Crippen molar-refractivity contribution in [1.82, 2.24) is 19.9 Å². The molecule has 8 heteroatoms. The van der Waals surface area contributed by atoms with Crippen molar-refractivity contribution in [3.8, 4) is 0 Å². The summed E-state index contributed by atoms with van der Waals surface area (Å²) in [5.74, 6) is -1.14. The fourth-order valence-electron chi connectivity index (χ4n) is 4.15. The SMILES string of the molecule is O=c1c2c3c(sc2ncn1Cc1ccncc1)CC(NCc1cc(F)cc(F)c1)CC3. The van der Waals surface area contributed by atoms with Crippen LogP contribution in [0.25, 0.3) is 10.2 Å². The van der Waals surface area contributed by atoms with Crippen LogP contribution >= 0.6 is 11.3 Å². The van der Waals surface area contributed by atoms with Crippen LogP contribution in [0.4, 0.5) is 8.78 Å². The van der Waals surface area contributed by atoms with Gasteiger partial charge in [0, 0.05) is 35.9 Å². The third-order valence-corrected chi connectivity index (χ3v) is 6.82. The van der Waals surface area contributed by atoms with Gasteiger partial charge >= 0.3 is 0 Å². The maximum Gasteiger partial charge on any atom is 0.262 e. The lowest BCUT2D eigenvalue weighted by molar-refractivity contribution is 0.460. The molecule has 0 amide bonds. The first-order valence-electron chi connectivity index (χ1n) is 10.1. The second kappa shape index (κ2) is 8.28. The maximum absolute atomic E-state index is 13.4. The summed E-state index contributed by atoms with van der Waals surface area (Å²) in [5.41, 5.74) is 2.66. The Balaban J connectivity index is 1.36. The molecule has 1 N–H and O–H groups in total. The molecule has 3 heterocycles. The Kier molecular flexibility index (Phi) is 5.33. The minimum Gasteiger partial charge on any atom is -0.310 e. The van der Waals surface area contributed by atoms with Crippen molar-refractivity contribution in [1.29, 1.82) is 0 Å². The number of benzene rings is 1. The van der Waals surface area contributed by atoms with Gasteiger partial charge in [-0.3, -0.25) is 14.3 Å². The summed E-state index contributed by atoms with van der Waals surface area (Å²) in [6.45, 7) is 0.861. The van der Waals surface area contributed by atoms with Gasteiger partial charge in [0.25, 0.3) is 5.56 Å². The maximum atomic E-state index is 13.4. The van der Waals surface area contributed by atoms with E-state index < -0.39 is 11.6 Å². The van der Waals surface area contributed by atoms with Gasteiger partial charge in [0.15, 0.2) is 0 Å². The van der Waals surface area contributed by atoms with Crippen molar-refractivity contribution in [2.24, 2.45) is 0 Å². The average molecular weight is 439 g/mol. The Morgan fingerprint density at radius 3 is 2.68 bits per heavy atom. The number of nitrogens with zero attached hydrogens (tertiary/aromatic N) is 3. The largest absolute Gasteiger partial charge is 0.310 e. The van der Waals surface area contributed by atoms with Crippen molar-refractivity contribution in [3.05, 3.63) is 92.6 Å². The molecular weight excluding hydrogens is 418 g/mol. The highest BCUT2D eigenvalue weighted by Gasteiger charge is 2.25. The molecule has 158 valence electrons. The highest BCUT2D eigenvalue weighted by Crippen LogP contribution is 2.33. The second-order valence-corrected chi connectivity index (χ2v) is 8.90. The van der Waals surface area contributed by atoms with Crippen LogP contribution in [-0.2, 0) is 25.9 Å². The monoisotopic (exact) mass is 438 g/mol. The van der Waals surface area contributed by atoms with Gasteiger partial charge in [-0.05, 0) is 60.2 Å². The van der Waals surface area contributed by atoms with Gasteiger partial charge in [-0.2, -0.15) is 0 Å². The zero-order valence-electron chi connectivity index (χ0n) is 16.6. The van der Waals surface area contributed by atoms with Gasteiger partial charge in [0.2, 0.25) is 0 Å². The van der Waals surface area contributed by atoms with Gasteiger partial charge in [0.1, 0.15) is 16.5 Å². The van der Waals surface area contributed by atoms with E-state index in [4.69, 9.17) is 0 Å². The molecule has 3 aromatic heterocycles. The van der Waals surface area contributed by atoms with Crippen LogP contribution in [0.3, 0.4) is 0 Å². The summed E-state index contributed by atoms with van der Waals surface area (Å²) in [6.07, 6.45) is 7.45. The molecule has 0 saturated heterocycles. The molecule has 0 spiro atoms. The van der Waals surface area contributed by atoms with E-state index in [0.29, 0.717) is 18.7 Å². The number of fused-ring (bicyclic) bond motifs is 3. The first-order chi connectivity index (χ1) is 15.1. The average Bonchev–Trinajstić information content (AvgIpc) is 3.13. The van der Waals surface area contributed by atoms with E-state index in [0.717, 1.165) is 51.5 Å². The zero-order chi connectivity index (χ0) is 21.4. The van der Waals surface area contributed by atoms with E-state index in [1.165, 1.54) is 12.1 Å². The summed E-state index contributed by atoms with van der Waals surface area (Å²) in [5, 5.41) is 4.12. The van der Waals surface area contributed by atoms with Gasteiger partial charge in [-0.1, -0.05) is 0 Å². The van der Waals surface area contributed by atoms with Crippen LogP contribution in [0.1, 0.15) is 28.0 Å². The topological polar surface area (TPSA) is 59.8 Å². The second-order valence-electron chi connectivity index (χ2n) is 7.82. The molecule has 1 atom stereocenters. The number of pyridine rings is 1. The van der Waals surface area contributed by atoms with Crippen molar-refractivity contribution < 1.29 is 8.78 Å². The predicted molar refractivity (Wildman–Crippen MR) is 116 cm³/mol. The first kappa shape index (κ1) is 20.0. The van der Waals surface area contributed by atoms with E-state index in [9.17, 15) is 13.6 Å². The zero-order valence-corrected chi connectivity index (χ0v) is 17.5. The number of hydrogen-bond acceptors (Lipinski definition) is 5. The number of rotatable bonds is 5. The third-order valence-electron chi connectivity index (χ3n) is 5.66. The van der Waals surface area contributed by atoms with Crippen molar-refractivity contribution in [2.45, 2.75) is 38.4 Å². The van der Waals surface area contributed by atoms with E-state index in [-0.39, 0.29) is 11.6 Å². The third kappa shape index (κ3) is 4.13. The fourth-order valence-corrected chi connectivity index (χ4v) is 5.41. The molecule has 1 unspecified atom stereocenters. The van der Waals surface area contributed by atoms with Gasteiger partial charge in [0.05, 0.1) is 18.3 Å². The molecule has 0 fully saturated rings. The minimum absolute atomic E-state index is 0.0130. The molecule has 0 aliphatic heterocycles. The lowest BCUT2D eigenvalue weighted by atomic mass is 9.93. The number of thiophene rings is 1. The normalized spacial score (nSPS) is 15.9. The molecular formula is C23H20F2N4OS. The van der Waals surface area contributed by atoms with Gasteiger partial charge in [-0.25, -0.2) is 13.8 Å².